The second kappa shape index (κ2) is 7.10. The first kappa shape index (κ1) is 13.8. The summed E-state index contributed by atoms with van der Waals surface area (Å²) >= 11 is 0. The molecule has 0 aliphatic rings. The van der Waals surface area contributed by atoms with Crippen LogP contribution in [0.4, 0.5) is 5.69 Å². The molecule has 0 amide bonds. The van der Waals surface area contributed by atoms with E-state index in [4.69, 9.17) is 0 Å². The molecule has 1 atom stereocenters. The predicted molar refractivity (Wildman–Crippen MR) is 78.8 cm³/mol. The molecule has 1 unspecified atom stereocenters. The Morgan fingerprint density at radius 3 is 2.20 bits per heavy atom. The fourth-order valence-corrected chi connectivity index (χ4v) is 1.79. The van der Waals surface area contributed by atoms with Gasteiger partial charge in [0.2, 0.25) is 0 Å². The van der Waals surface area contributed by atoms with E-state index in [-0.39, 0.29) is 0 Å². The van der Waals surface area contributed by atoms with Crippen molar-refractivity contribution in [2.75, 3.05) is 5.32 Å². The van der Waals surface area contributed by atoms with Crippen molar-refractivity contribution in [1.29, 1.82) is 5.26 Å². The molecule has 20 heavy (non-hydrogen) atoms. The Kier molecular flexibility index (Phi) is 4.90. The fourth-order valence-electron chi connectivity index (χ4n) is 1.79. The van der Waals surface area contributed by atoms with Crippen molar-refractivity contribution >= 4 is 11.8 Å². The molecule has 0 bridgehead atoms. The first-order chi connectivity index (χ1) is 9.83. The zero-order chi connectivity index (χ0) is 14.2. The zero-order valence-electron chi connectivity index (χ0n) is 10.8. The van der Waals surface area contributed by atoms with Gasteiger partial charge in [-0.05, 0) is 23.8 Å². The third kappa shape index (κ3) is 3.69. The first-order valence-electron chi connectivity index (χ1n) is 6.21. The van der Waals surface area contributed by atoms with Crippen molar-refractivity contribution < 1.29 is 5.21 Å². The summed E-state index contributed by atoms with van der Waals surface area (Å²) in [5.41, 5.74) is 4.23. The summed E-state index contributed by atoms with van der Waals surface area (Å²) in [6.45, 7) is 0. The van der Waals surface area contributed by atoms with Crippen molar-refractivity contribution in [1.82, 2.24) is 5.48 Å². The van der Waals surface area contributed by atoms with Crippen molar-refractivity contribution in [3.05, 3.63) is 71.8 Å². The summed E-state index contributed by atoms with van der Waals surface area (Å²) in [5.74, 6) is 0. The van der Waals surface area contributed by atoms with Crippen LogP contribution in [0.15, 0.2) is 66.2 Å². The van der Waals surface area contributed by atoms with Gasteiger partial charge in [-0.1, -0.05) is 48.5 Å². The maximum absolute atomic E-state index is 9.26. The molecular formula is C16H15N3O. The summed E-state index contributed by atoms with van der Waals surface area (Å²) in [4.78, 5) is 0. The van der Waals surface area contributed by atoms with Crippen LogP contribution in [0, 0.1) is 11.3 Å². The van der Waals surface area contributed by atoms with Gasteiger partial charge in [-0.3, -0.25) is 0 Å². The molecule has 2 aromatic carbocycles. The molecule has 0 spiro atoms. The molecule has 0 aliphatic carbocycles. The van der Waals surface area contributed by atoms with Gasteiger partial charge in [-0.15, -0.1) is 0 Å². The Morgan fingerprint density at radius 2 is 1.65 bits per heavy atom. The number of benzene rings is 2. The molecule has 2 aromatic rings. The minimum atomic E-state index is -0.664. The van der Waals surface area contributed by atoms with Crippen molar-refractivity contribution in [2.24, 2.45) is 0 Å². The molecule has 100 valence electrons. The largest absolute Gasteiger partial charge is 0.364 e. The zero-order valence-corrected chi connectivity index (χ0v) is 10.8. The number of hydrogen-bond donors (Lipinski definition) is 3. The maximum atomic E-state index is 9.26. The second-order valence-corrected chi connectivity index (χ2v) is 4.19. The minimum Gasteiger partial charge on any atom is -0.364 e. The first-order valence-corrected chi connectivity index (χ1v) is 6.21. The monoisotopic (exact) mass is 265 g/mol. The van der Waals surface area contributed by atoms with E-state index >= 15 is 0 Å². The van der Waals surface area contributed by atoms with Gasteiger partial charge in [0.05, 0.1) is 11.6 Å². The Balaban J connectivity index is 2.20. The second-order valence-electron chi connectivity index (χ2n) is 4.19. The van der Waals surface area contributed by atoms with Crippen LogP contribution in [0.3, 0.4) is 0 Å². The van der Waals surface area contributed by atoms with Gasteiger partial charge in [0.25, 0.3) is 0 Å². The number of nitrogens with one attached hydrogen (secondary N) is 2. The van der Waals surface area contributed by atoms with Gasteiger partial charge < -0.3 is 10.5 Å². The quantitative estimate of drug-likeness (QED) is 0.441. The lowest BCUT2D eigenvalue weighted by Crippen LogP contribution is -2.35. The molecule has 0 fully saturated rings. The van der Waals surface area contributed by atoms with Gasteiger partial charge in [0.1, 0.15) is 6.17 Å². The van der Waals surface area contributed by atoms with Gasteiger partial charge in [-0.2, -0.15) is 10.7 Å². The summed E-state index contributed by atoms with van der Waals surface area (Å²) < 4.78 is 0. The highest BCUT2D eigenvalue weighted by molar-refractivity contribution is 5.60. The van der Waals surface area contributed by atoms with Gasteiger partial charge in [0, 0.05) is 5.69 Å². The minimum absolute atomic E-state index is 0.391. The van der Waals surface area contributed by atoms with Crippen LogP contribution in [-0.4, -0.2) is 11.4 Å². The molecule has 4 heteroatoms. The summed E-state index contributed by atoms with van der Waals surface area (Å²) in [6, 6.07) is 21.0. The number of para-hydroxylation sites is 1. The number of hydroxylamine groups is 1. The number of nitrogens with zero attached hydrogens (tertiary/aromatic N) is 1. The Morgan fingerprint density at radius 1 is 1.05 bits per heavy atom. The van der Waals surface area contributed by atoms with Crippen LogP contribution in [0.25, 0.3) is 6.08 Å². The molecule has 4 nitrogen and oxygen atoms in total. The number of rotatable bonds is 5. The van der Waals surface area contributed by atoms with E-state index in [1.807, 2.05) is 60.7 Å². The van der Waals surface area contributed by atoms with Crippen LogP contribution < -0.4 is 10.8 Å². The van der Waals surface area contributed by atoms with Gasteiger partial charge in [-0.25, -0.2) is 0 Å². The molecule has 3 N–H and O–H groups in total. The highest BCUT2D eigenvalue weighted by atomic mass is 16.5. The van der Waals surface area contributed by atoms with Crippen molar-refractivity contribution in [2.45, 2.75) is 6.17 Å². The van der Waals surface area contributed by atoms with Crippen LogP contribution >= 0.6 is 0 Å². The molecule has 0 heterocycles. The molecule has 0 saturated heterocycles. The molecule has 0 aliphatic heterocycles. The molecule has 0 saturated carbocycles. The van der Waals surface area contributed by atoms with E-state index in [1.54, 1.807) is 6.08 Å². The molecular weight excluding hydrogens is 250 g/mol. The number of hydrogen-bond acceptors (Lipinski definition) is 4. The van der Waals surface area contributed by atoms with E-state index in [9.17, 15) is 10.5 Å². The van der Waals surface area contributed by atoms with Gasteiger partial charge in [0.15, 0.2) is 0 Å². The predicted octanol–water partition coefficient (Wildman–Crippen LogP) is 3.01. The van der Waals surface area contributed by atoms with Crippen LogP contribution in [0.2, 0.25) is 0 Å². The average Bonchev–Trinajstić information content (AvgIpc) is 2.52. The standard InChI is InChI=1S/C16H15N3O/c17-12-14(11-13-7-3-1-4-8-13)16(19-20)18-15-9-5-2-6-10-15/h1-11,16,18-20H/b14-11+. The molecule has 0 radical (unpaired) electrons. The smallest absolute Gasteiger partial charge is 0.136 e. The van der Waals surface area contributed by atoms with Gasteiger partial charge >= 0.3 is 0 Å². The highest BCUT2D eigenvalue weighted by Crippen LogP contribution is 2.13. The van der Waals surface area contributed by atoms with E-state index in [0.29, 0.717) is 5.57 Å². The summed E-state index contributed by atoms with van der Waals surface area (Å²) in [5, 5.41) is 21.6. The summed E-state index contributed by atoms with van der Waals surface area (Å²) in [6.07, 6.45) is 1.06. The summed E-state index contributed by atoms with van der Waals surface area (Å²) in [7, 11) is 0. The maximum Gasteiger partial charge on any atom is 0.136 e. The van der Waals surface area contributed by atoms with E-state index in [2.05, 4.69) is 16.9 Å². The molecule has 2 rings (SSSR count). The van der Waals surface area contributed by atoms with Crippen LogP contribution in [0.1, 0.15) is 5.56 Å². The Hall–Kier alpha value is -2.61. The fraction of sp³-hybridized carbons (Fsp3) is 0.0625. The number of anilines is 1. The highest BCUT2D eigenvalue weighted by Gasteiger charge is 2.12. The molecule has 0 aromatic heterocycles. The Bertz CT molecular complexity index is 603. The van der Waals surface area contributed by atoms with Crippen LogP contribution in [-0.2, 0) is 0 Å². The number of nitriles is 1. The third-order valence-corrected chi connectivity index (χ3v) is 2.78. The Labute approximate surface area is 117 Å². The normalized spacial score (nSPS) is 12.5. The van der Waals surface area contributed by atoms with Crippen molar-refractivity contribution in [3.63, 3.8) is 0 Å². The van der Waals surface area contributed by atoms with E-state index < -0.39 is 6.17 Å². The van der Waals surface area contributed by atoms with Crippen LogP contribution in [0.5, 0.6) is 0 Å². The average molecular weight is 265 g/mol. The van der Waals surface area contributed by atoms with E-state index in [1.165, 1.54) is 0 Å². The van der Waals surface area contributed by atoms with Crippen molar-refractivity contribution in [3.8, 4) is 6.07 Å². The lowest BCUT2D eigenvalue weighted by Gasteiger charge is -2.17. The lowest BCUT2D eigenvalue weighted by molar-refractivity contribution is 0.150. The SMILES string of the molecule is N#C/C(=C\c1ccccc1)C(NO)Nc1ccccc1. The lowest BCUT2D eigenvalue weighted by atomic mass is 10.1. The topological polar surface area (TPSA) is 68.1 Å². The van der Waals surface area contributed by atoms with E-state index in [0.717, 1.165) is 11.3 Å². The third-order valence-electron chi connectivity index (χ3n) is 2.78.